The number of piperidine rings is 1. The van der Waals surface area contributed by atoms with Crippen molar-refractivity contribution in [2.75, 3.05) is 18.4 Å². The molecule has 1 N–H and O–H groups in total. The molecule has 0 amide bonds. The maximum absolute atomic E-state index is 6.54. The van der Waals surface area contributed by atoms with Gasteiger partial charge in [-0.05, 0) is 71.1 Å². The molecule has 3 aliphatic rings. The number of aromatic nitrogens is 2. The summed E-state index contributed by atoms with van der Waals surface area (Å²) in [7, 11) is 0. The minimum absolute atomic E-state index is 0.411. The van der Waals surface area contributed by atoms with Gasteiger partial charge in [0.1, 0.15) is 5.82 Å². The Kier molecular flexibility index (Phi) is 5.81. The quantitative estimate of drug-likeness (QED) is 0.628. The minimum atomic E-state index is 0.411. The summed E-state index contributed by atoms with van der Waals surface area (Å²) >= 11 is 6.54. The zero-order chi connectivity index (χ0) is 22.4. The van der Waals surface area contributed by atoms with Crippen molar-refractivity contribution < 1.29 is 0 Å². The zero-order valence-electron chi connectivity index (χ0n) is 19.5. The van der Waals surface area contributed by atoms with Crippen molar-refractivity contribution in [3.63, 3.8) is 0 Å². The highest BCUT2D eigenvalue weighted by atomic mass is 35.5. The second kappa shape index (κ2) is 8.60. The van der Waals surface area contributed by atoms with Crippen molar-refractivity contribution in [2.45, 2.75) is 71.5 Å². The predicted octanol–water partition coefficient (Wildman–Crippen LogP) is 5.78. The van der Waals surface area contributed by atoms with Gasteiger partial charge in [-0.2, -0.15) is 0 Å². The first kappa shape index (κ1) is 21.6. The minimum Gasteiger partial charge on any atom is -0.367 e. The number of halogens is 1. The van der Waals surface area contributed by atoms with E-state index in [1.807, 2.05) is 24.3 Å². The molecule has 2 aromatic rings. The van der Waals surface area contributed by atoms with Gasteiger partial charge < -0.3 is 5.32 Å². The van der Waals surface area contributed by atoms with Crippen molar-refractivity contribution >= 4 is 28.7 Å². The monoisotopic (exact) mass is 449 g/mol. The largest absolute Gasteiger partial charge is 0.367 e. The van der Waals surface area contributed by atoms with Crippen molar-refractivity contribution in [3.05, 3.63) is 46.1 Å². The molecule has 5 rings (SSSR count). The van der Waals surface area contributed by atoms with Gasteiger partial charge in [0.05, 0.1) is 17.3 Å². The number of benzene rings is 1. The second-order valence-electron chi connectivity index (χ2n) is 9.59. The number of nitrogens with one attached hydrogen (secondary N) is 1. The average molecular weight is 450 g/mol. The SMILES string of the molecule is CC1=NCC(C)=C1c1nc(-c2ccccc2Cl)nc(NC2CCN(C3CC3)C(C)C2)c1C. The molecule has 0 bridgehead atoms. The van der Waals surface area contributed by atoms with Crippen LogP contribution in [-0.2, 0) is 0 Å². The molecule has 1 saturated heterocycles. The fourth-order valence-electron chi connectivity index (χ4n) is 5.20. The molecule has 32 heavy (non-hydrogen) atoms. The van der Waals surface area contributed by atoms with Gasteiger partial charge in [-0.25, -0.2) is 9.97 Å². The summed E-state index contributed by atoms with van der Waals surface area (Å²) in [5, 5.41) is 4.47. The van der Waals surface area contributed by atoms with Gasteiger partial charge in [0.25, 0.3) is 0 Å². The molecule has 1 aromatic heterocycles. The second-order valence-corrected chi connectivity index (χ2v) is 10.00. The maximum Gasteiger partial charge on any atom is 0.163 e. The Balaban J connectivity index is 1.52. The van der Waals surface area contributed by atoms with E-state index in [0.717, 1.165) is 65.9 Å². The summed E-state index contributed by atoms with van der Waals surface area (Å²) in [6.45, 7) is 10.6. The summed E-state index contributed by atoms with van der Waals surface area (Å²) in [5.41, 5.74) is 6.37. The third-order valence-corrected chi connectivity index (χ3v) is 7.45. The van der Waals surface area contributed by atoms with E-state index in [4.69, 9.17) is 21.6 Å². The molecule has 2 aliphatic heterocycles. The number of nitrogens with zero attached hydrogens (tertiary/aromatic N) is 4. The molecule has 168 valence electrons. The Hall–Kier alpha value is -2.24. The normalized spacial score (nSPS) is 24.1. The van der Waals surface area contributed by atoms with E-state index in [9.17, 15) is 0 Å². The van der Waals surface area contributed by atoms with Gasteiger partial charge >= 0.3 is 0 Å². The van der Waals surface area contributed by atoms with Crippen LogP contribution in [0.4, 0.5) is 5.82 Å². The predicted molar refractivity (Wildman–Crippen MR) is 134 cm³/mol. The molecule has 0 radical (unpaired) electrons. The number of hydrogen-bond donors (Lipinski definition) is 1. The lowest BCUT2D eigenvalue weighted by atomic mass is 9.97. The molecule has 3 heterocycles. The lowest BCUT2D eigenvalue weighted by Crippen LogP contribution is -2.46. The van der Waals surface area contributed by atoms with Crippen molar-refractivity contribution in [3.8, 4) is 11.4 Å². The first-order valence-electron chi connectivity index (χ1n) is 11.8. The van der Waals surface area contributed by atoms with Crippen LogP contribution in [0.3, 0.4) is 0 Å². The van der Waals surface area contributed by atoms with E-state index >= 15 is 0 Å². The van der Waals surface area contributed by atoms with E-state index in [2.05, 4.69) is 42.9 Å². The molecular formula is C26H32ClN5. The summed E-state index contributed by atoms with van der Waals surface area (Å²) in [4.78, 5) is 17.3. The van der Waals surface area contributed by atoms with Crippen LogP contribution in [0.25, 0.3) is 17.0 Å². The number of rotatable bonds is 5. The fraction of sp³-hybridized carbons (Fsp3) is 0.500. The van der Waals surface area contributed by atoms with Crippen LogP contribution >= 0.6 is 11.6 Å². The Morgan fingerprint density at radius 2 is 1.84 bits per heavy atom. The number of allylic oxidation sites excluding steroid dienone is 1. The molecule has 2 fully saturated rings. The van der Waals surface area contributed by atoms with E-state index in [1.165, 1.54) is 18.4 Å². The van der Waals surface area contributed by atoms with Crippen LogP contribution in [0.15, 0.2) is 34.8 Å². The van der Waals surface area contributed by atoms with Gasteiger partial charge in [0.2, 0.25) is 0 Å². The highest BCUT2D eigenvalue weighted by Crippen LogP contribution is 2.36. The van der Waals surface area contributed by atoms with Gasteiger partial charge in [-0.1, -0.05) is 23.7 Å². The number of hydrogen-bond acceptors (Lipinski definition) is 5. The summed E-state index contributed by atoms with van der Waals surface area (Å²) in [5.74, 6) is 1.59. The smallest absolute Gasteiger partial charge is 0.163 e. The van der Waals surface area contributed by atoms with E-state index in [0.29, 0.717) is 22.9 Å². The topological polar surface area (TPSA) is 53.4 Å². The fourth-order valence-corrected chi connectivity index (χ4v) is 5.42. The van der Waals surface area contributed by atoms with Crippen LogP contribution in [0.5, 0.6) is 0 Å². The molecular weight excluding hydrogens is 418 g/mol. The molecule has 6 heteroatoms. The van der Waals surface area contributed by atoms with Crippen LogP contribution < -0.4 is 5.32 Å². The standard InChI is InChI=1S/C26H32ClN5/c1-15-14-28-18(4)23(15)24-17(3)25(31-26(30-24)21-7-5-6-8-22(21)27)29-19-11-12-32(16(2)13-19)20-9-10-20/h5-8,16,19-20H,9-14H2,1-4H3,(H,29,30,31). The Bertz CT molecular complexity index is 1100. The van der Waals surface area contributed by atoms with Gasteiger partial charge in [-0.15, -0.1) is 0 Å². The summed E-state index contributed by atoms with van der Waals surface area (Å²) in [6, 6.07) is 9.66. The molecule has 2 atom stereocenters. The Labute approximate surface area is 196 Å². The molecule has 5 nitrogen and oxygen atoms in total. The first-order valence-corrected chi connectivity index (χ1v) is 12.2. The Morgan fingerprint density at radius 1 is 1.06 bits per heavy atom. The van der Waals surface area contributed by atoms with E-state index < -0.39 is 0 Å². The Morgan fingerprint density at radius 3 is 2.50 bits per heavy atom. The first-order chi connectivity index (χ1) is 15.4. The highest BCUT2D eigenvalue weighted by molar-refractivity contribution is 6.33. The van der Waals surface area contributed by atoms with Crippen LogP contribution in [0.1, 0.15) is 57.7 Å². The van der Waals surface area contributed by atoms with Gasteiger partial charge in [0, 0.05) is 47.1 Å². The van der Waals surface area contributed by atoms with Crippen LogP contribution in [0, 0.1) is 6.92 Å². The summed E-state index contributed by atoms with van der Waals surface area (Å²) < 4.78 is 0. The molecule has 1 aromatic carbocycles. The number of anilines is 1. The van der Waals surface area contributed by atoms with Crippen LogP contribution in [-0.4, -0.2) is 51.8 Å². The van der Waals surface area contributed by atoms with Gasteiger partial charge in [0.15, 0.2) is 5.82 Å². The highest BCUT2D eigenvalue weighted by Gasteiger charge is 2.36. The van der Waals surface area contributed by atoms with Gasteiger partial charge in [-0.3, -0.25) is 9.89 Å². The third kappa shape index (κ3) is 4.08. The van der Waals surface area contributed by atoms with Crippen molar-refractivity contribution in [2.24, 2.45) is 4.99 Å². The lowest BCUT2D eigenvalue weighted by Gasteiger charge is -2.38. The molecule has 0 spiro atoms. The van der Waals surface area contributed by atoms with E-state index in [1.54, 1.807) is 0 Å². The third-order valence-electron chi connectivity index (χ3n) is 7.12. The summed E-state index contributed by atoms with van der Waals surface area (Å²) in [6.07, 6.45) is 5.02. The van der Waals surface area contributed by atoms with Crippen LogP contribution in [0.2, 0.25) is 5.02 Å². The number of likely N-dealkylation sites (tertiary alicyclic amines) is 1. The lowest BCUT2D eigenvalue weighted by molar-refractivity contribution is 0.144. The maximum atomic E-state index is 6.54. The average Bonchev–Trinajstić information content (AvgIpc) is 3.55. The molecule has 1 saturated carbocycles. The van der Waals surface area contributed by atoms with E-state index in [-0.39, 0.29) is 0 Å². The number of aliphatic imine (C=N–C) groups is 1. The van der Waals surface area contributed by atoms with Crippen molar-refractivity contribution in [1.29, 1.82) is 0 Å². The molecule has 1 aliphatic carbocycles. The molecule has 2 unspecified atom stereocenters. The zero-order valence-corrected chi connectivity index (χ0v) is 20.2. The van der Waals surface area contributed by atoms with Crippen molar-refractivity contribution in [1.82, 2.24) is 14.9 Å².